The zero-order valence-corrected chi connectivity index (χ0v) is 10.3. The third-order valence-corrected chi connectivity index (χ3v) is 3.06. The number of hydrogen-bond donors (Lipinski definition) is 0. The van der Waals surface area contributed by atoms with Gasteiger partial charge in [-0.05, 0) is 35.7 Å². The van der Waals surface area contributed by atoms with Crippen LogP contribution in [0.5, 0.6) is 0 Å². The summed E-state index contributed by atoms with van der Waals surface area (Å²) < 4.78 is 15.4. The van der Waals surface area contributed by atoms with Gasteiger partial charge in [0.05, 0.1) is 12.0 Å². The highest BCUT2D eigenvalue weighted by molar-refractivity contribution is 5.44. The minimum absolute atomic E-state index is 0.213. The quantitative estimate of drug-likeness (QED) is 0.696. The number of halogens is 1. The topological polar surface area (TPSA) is 17.8 Å². The van der Waals surface area contributed by atoms with Crippen molar-refractivity contribution in [3.05, 3.63) is 84.2 Å². The summed E-state index contributed by atoms with van der Waals surface area (Å²) in [5.41, 5.74) is 3.07. The molecular weight excluding hydrogens is 239 g/mol. The second kappa shape index (κ2) is 5.06. The van der Waals surface area contributed by atoms with E-state index in [1.54, 1.807) is 24.7 Å². The number of aromatic nitrogens is 2. The van der Waals surface area contributed by atoms with Crippen LogP contribution in [0.15, 0.2) is 67.3 Å². The van der Waals surface area contributed by atoms with Gasteiger partial charge in [0, 0.05) is 12.4 Å². The van der Waals surface area contributed by atoms with E-state index in [2.05, 4.69) is 4.98 Å². The molecule has 0 N–H and O–H groups in total. The Hall–Kier alpha value is -2.42. The van der Waals surface area contributed by atoms with Crippen molar-refractivity contribution in [1.29, 1.82) is 0 Å². The van der Waals surface area contributed by atoms with E-state index in [0.717, 1.165) is 16.8 Å². The summed E-state index contributed by atoms with van der Waals surface area (Å²) in [5, 5.41) is 0. The molecule has 0 spiro atoms. The maximum absolute atomic E-state index is 13.5. The van der Waals surface area contributed by atoms with Crippen LogP contribution in [0, 0.1) is 5.82 Å². The van der Waals surface area contributed by atoms with E-state index < -0.39 is 0 Å². The van der Waals surface area contributed by atoms with Crippen LogP contribution in [0.25, 0.3) is 5.69 Å². The van der Waals surface area contributed by atoms with Gasteiger partial charge in [-0.15, -0.1) is 0 Å². The summed E-state index contributed by atoms with van der Waals surface area (Å²) in [6.07, 6.45) is 6.01. The zero-order valence-electron chi connectivity index (χ0n) is 10.3. The summed E-state index contributed by atoms with van der Waals surface area (Å²) >= 11 is 0. The molecule has 0 saturated carbocycles. The fourth-order valence-corrected chi connectivity index (χ4v) is 2.16. The number of rotatable bonds is 3. The Morgan fingerprint density at radius 2 is 1.89 bits per heavy atom. The highest BCUT2D eigenvalue weighted by atomic mass is 19.1. The van der Waals surface area contributed by atoms with Crippen LogP contribution >= 0.6 is 0 Å². The van der Waals surface area contributed by atoms with E-state index >= 15 is 0 Å². The predicted molar refractivity (Wildman–Crippen MR) is 72.8 cm³/mol. The van der Waals surface area contributed by atoms with Gasteiger partial charge in [-0.3, -0.25) is 0 Å². The molecule has 0 saturated heterocycles. The molecule has 2 aromatic carbocycles. The molecule has 19 heavy (non-hydrogen) atoms. The second-order valence-corrected chi connectivity index (χ2v) is 4.41. The lowest BCUT2D eigenvalue weighted by atomic mass is 10.0. The summed E-state index contributed by atoms with van der Waals surface area (Å²) in [6, 6.07) is 14.9. The van der Waals surface area contributed by atoms with Gasteiger partial charge in [-0.2, -0.15) is 0 Å². The van der Waals surface area contributed by atoms with Crippen molar-refractivity contribution in [1.82, 2.24) is 9.55 Å². The Labute approximate surface area is 111 Å². The van der Waals surface area contributed by atoms with E-state index in [9.17, 15) is 4.39 Å². The predicted octanol–water partition coefficient (Wildman–Crippen LogP) is 3.60. The molecule has 3 aromatic rings. The molecule has 3 rings (SSSR count). The molecule has 0 amide bonds. The first-order chi connectivity index (χ1) is 9.33. The maximum Gasteiger partial charge on any atom is 0.123 e. The van der Waals surface area contributed by atoms with Gasteiger partial charge in [-0.1, -0.05) is 30.3 Å². The molecule has 94 valence electrons. The first kappa shape index (κ1) is 11.7. The average Bonchev–Trinajstić information content (AvgIpc) is 2.94. The van der Waals surface area contributed by atoms with E-state index in [1.807, 2.05) is 41.1 Å². The molecule has 1 aromatic heterocycles. The Balaban J connectivity index is 2.02. The maximum atomic E-state index is 13.5. The monoisotopic (exact) mass is 252 g/mol. The fraction of sp³-hybridized carbons (Fsp3) is 0.0625. The summed E-state index contributed by atoms with van der Waals surface area (Å²) in [4.78, 5) is 4.04. The van der Waals surface area contributed by atoms with Crippen molar-refractivity contribution in [3.8, 4) is 5.69 Å². The van der Waals surface area contributed by atoms with E-state index in [4.69, 9.17) is 0 Å². The molecule has 0 aliphatic rings. The molecule has 1 heterocycles. The van der Waals surface area contributed by atoms with Crippen LogP contribution < -0.4 is 0 Å². The van der Waals surface area contributed by atoms with Gasteiger partial charge < -0.3 is 4.57 Å². The van der Waals surface area contributed by atoms with E-state index in [1.165, 1.54) is 6.07 Å². The number of nitrogens with zero attached hydrogens (tertiary/aromatic N) is 2. The summed E-state index contributed by atoms with van der Waals surface area (Å²) in [6.45, 7) is 0. The van der Waals surface area contributed by atoms with Crippen molar-refractivity contribution in [3.63, 3.8) is 0 Å². The van der Waals surface area contributed by atoms with Crippen LogP contribution in [0.1, 0.15) is 11.1 Å². The molecule has 0 unspecified atom stereocenters. The normalized spacial score (nSPS) is 10.6. The van der Waals surface area contributed by atoms with Crippen molar-refractivity contribution >= 4 is 0 Å². The Morgan fingerprint density at radius 1 is 1.05 bits per heavy atom. The number of benzene rings is 2. The van der Waals surface area contributed by atoms with Crippen molar-refractivity contribution in [2.45, 2.75) is 6.42 Å². The Bertz CT molecular complexity index is 660. The lowest BCUT2D eigenvalue weighted by molar-refractivity contribution is 0.625. The average molecular weight is 252 g/mol. The molecule has 0 radical (unpaired) electrons. The lowest BCUT2D eigenvalue weighted by Crippen LogP contribution is -1.99. The third kappa shape index (κ3) is 2.55. The molecule has 0 aliphatic carbocycles. The summed E-state index contributed by atoms with van der Waals surface area (Å²) in [5.74, 6) is -0.213. The van der Waals surface area contributed by atoms with Crippen LogP contribution in [0.4, 0.5) is 4.39 Å². The first-order valence-electron chi connectivity index (χ1n) is 6.13. The minimum Gasteiger partial charge on any atom is -0.306 e. The van der Waals surface area contributed by atoms with Crippen LogP contribution in [-0.2, 0) is 6.42 Å². The first-order valence-corrected chi connectivity index (χ1v) is 6.13. The van der Waals surface area contributed by atoms with Gasteiger partial charge in [0.1, 0.15) is 5.82 Å². The second-order valence-electron chi connectivity index (χ2n) is 4.41. The van der Waals surface area contributed by atoms with Crippen LogP contribution in [0.2, 0.25) is 0 Å². The minimum atomic E-state index is -0.213. The Kier molecular flexibility index (Phi) is 3.11. The fourth-order valence-electron chi connectivity index (χ4n) is 2.16. The highest BCUT2D eigenvalue weighted by Crippen LogP contribution is 2.19. The number of imidazole rings is 1. The van der Waals surface area contributed by atoms with Gasteiger partial charge in [0.25, 0.3) is 0 Å². The molecule has 0 atom stereocenters. The molecule has 0 fully saturated rings. The van der Waals surface area contributed by atoms with Gasteiger partial charge in [0.2, 0.25) is 0 Å². The molecule has 0 bridgehead atoms. The molecule has 3 heteroatoms. The van der Waals surface area contributed by atoms with Crippen LogP contribution in [-0.4, -0.2) is 9.55 Å². The SMILES string of the molecule is Fc1ccc(-n2ccnc2)c(Cc2ccccc2)c1. The van der Waals surface area contributed by atoms with Crippen molar-refractivity contribution < 1.29 is 4.39 Å². The van der Waals surface area contributed by atoms with E-state index in [0.29, 0.717) is 6.42 Å². The van der Waals surface area contributed by atoms with Crippen LogP contribution in [0.3, 0.4) is 0 Å². The largest absolute Gasteiger partial charge is 0.306 e. The van der Waals surface area contributed by atoms with Gasteiger partial charge >= 0.3 is 0 Å². The van der Waals surface area contributed by atoms with Crippen molar-refractivity contribution in [2.75, 3.05) is 0 Å². The Morgan fingerprint density at radius 3 is 2.63 bits per heavy atom. The van der Waals surface area contributed by atoms with Gasteiger partial charge in [-0.25, -0.2) is 9.37 Å². The summed E-state index contributed by atoms with van der Waals surface area (Å²) in [7, 11) is 0. The van der Waals surface area contributed by atoms with E-state index in [-0.39, 0.29) is 5.82 Å². The van der Waals surface area contributed by atoms with Gasteiger partial charge in [0.15, 0.2) is 0 Å². The third-order valence-electron chi connectivity index (χ3n) is 3.06. The highest BCUT2D eigenvalue weighted by Gasteiger charge is 2.07. The molecule has 0 aliphatic heterocycles. The van der Waals surface area contributed by atoms with Crippen molar-refractivity contribution in [2.24, 2.45) is 0 Å². The lowest BCUT2D eigenvalue weighted by Gasteiger charge is -2.10. The number of hydrogen-bond acceptors (Lipinski definition) is 1. The zero-order chi connectivity index (χ0) is 13.1. The molecule has 2 nitrogen and oxygen atoms in total. The molecular formula is C16H13FN2. The smallest absolute Gasteiger partial charge is 0.123 e. The standard InChI is InChI=1S/C16H13FN2/c17-15-6-7-16(19-9-8-18-12-19)14(11-15)10-13-4-2-1-3-5-13/h1-9,11-12H,10H2.